The molecule has 2 atom stereocenters. The quantitative estimate of drug-likeness (QED) is 0.893. The average molecular weight is 289 g/mol. The van der Waals surface area contributed by atoms with Gasteiger partial charge in [0.25, 0.3) is 0 Å². The van der Waals surface area contributed by atoms with Crippen molar-refractivity contribution in [2.45, 2.75) is 56.6 Å². The van der Waals surface area contributed by atoms with Crippen molar-refractivity contribution in [1.29, 1.82) is 0 Å². The highest BCUT2D eigenvalue weighted by atomic mass is 32.2. The van der Waals surface area contributed by atoms with E-state index in [4.69, 9.17) is 0 Å². The number of nitrogens with one attached hydrogen (secondary N) is 1. The molecular weight excluding hydrogens is 270 g/mol. The van der Waals surface area contributed by atoms with Gasteiger partial charge >= 0.3 is 0 Å². The number of hydrogen-bond donors (Lipinski definition) is 2. The van der Waals surface area contributed by atoms with Gasteiger partial charge in [-0.2, -0.15) is 0 Å². The summed E-state index contributed by atoms with van der Waals surface area (Å²) in [5.74, 6) is 0. The van der Waals surface area contributed by atoms with Gasteiger partial charge in [-0.25, -0.2) is 13.1 Å². The lowest BCUT2D eigenvalue weighted by Crippen LogP contribution is -2.44. The highest BCUT2D eigenvalue weighted by Gasteiger charge is 2.29. The number of hydrogen-bond acceptors (Lipinski definition) is 4. The van der Waals surface area contributed by atoms with Crippen LogP contribution in [0.15, 0.2) is 11.0 Å². The molecule has 1 aromatic rings. The second-order valence-corrected chi connectivity index (χ2v) is 8.00. The minimum atomic E-state index is -3.50. The first-order chi connectivity index (χ1) is 8.40. The molecular formula is C12H19NO3S2. The van der Waals surface area contributed by atoms with Gasteiger partial charge in [0.2, 0.25) is 10.0 Å². The standard InChI is InChI=1S/C12H19NO3S2/c1-8-7-12(9(2)17-8)18(15,16)13-10-5-3-4-6-11(10)14/h7,10-11,13-14H,3-6H2,1-2H3. The van der Waals surface area contributed by atoms with Crippen LogP contribution in [0.4, 0.5) is 0 Å². The molecule has 4 nitrogen and oxygen atoms in total. The predicted octanol–water partition coefficient (Wildman–Crippen LogP) is 1.95. The van der Waals surface area contributed by atoms with Gasteiger partial charge in [-0.15, -0.1) is 11.3 Å². The van der Waals surface area contributed by atoms with Crippen LogP contribution in [-0.2, 0) is 10.0 Å². The zero-order chi connectivity index (χ0) is 13.3. The van der Waals surface area contributed by atoms with Crippen molar-refractivity contribution in [3.05, 3.63) is 15.8 Å². The van der Waals surface area contributed by atoms with Crippen molar-refractivity contribution in [3.8, 4) is 0 Å². The molecule has 6 heteroatoms. The van der Waals surface area contributed by atoms with Crippen LogP contribution in [0, 0.1) is 13.8 Å². The number of sulfonamides is 1. The molecule has 0 saturated heterocycles. The van der Waals surface area contributed by atoms with E-state index in [0.29, 0.717) is 17.7 Å². The Morgan fingerprint density at radius 3 is 2.56 bits per heavy atom. The maximum atomic E-state index is 12.3. The molecule has 1 heterocycles. The van der Waals surface area contributed by atoms with Gasteiger partial charge in [-0.05, 0) is 32.8 Å². The first kappa shape index (κ1) is 14.0. The molecule has 0 amide bonds. The van der Waals surface area contributed by atoms with Crippen molar-refractivity contribution in [2.24, 2.45) is 0 Å². The number of aliphatic hydroxyl groups excluding tert-OH is 1. The Bertz CT molecular complexity index is 521. The molecule has 1 aromatic heterocycles. The number of aryl methyl sites for hydroxylation is 2. The van der Waals surface area contributed by atoms with E-state index in [2.05, 4.69) is 4.72 Å². The van der Waals surface area contributed by atoms with Crippen LogP contribution in [0.1, 0.15) is 35.4 Å². The average Bonchev–Trinajstić information content (AvgIpc) is 2.62. The summed E-state index contributed by atoms with van der Waals surface area (Å²) in [7, 11) is -3.50. The molecule has 1 saturated carbocycles. The van der Waals surface area contributed by atoms with E-state index >= 15 is 0 Å². The Kier molecular flexibility index (Phi) is 4.11. The van der Waals surface area contributed by atoms with Crippen LogP contribution >= 0.6 is 11.3 Å². The summed E-state index contributed by atoms with van der Waals surface area (Å²) in [5, 5.41) is 9.83. The molecule has 2 rings (SSSR count). The maximum Gasteiger partial charge on any atom is 0.242 e. The van der Waals surface area contributed by atoms with Gasteiger partial charge in [0, 0.05) is 15.8 Å². The highest BCUT2D eigenvalue weighted by molar-refractivity contribution is 7.89. The SMILES string of the molecule is Cc1cc(S(=O)(=O)NC2CCCCC2O)c(C)s1. The molecule has 0 aliphatic heterocycles. The number of thiophene rings is 1. The molecule has 18 heavy (non-hydrogen) atoms. The van der Waals surface area contributed by atoms with Gasteiger partial charge in [-0.3, -0.25) is 0 Å². The Balaban J connectivity index is 2.19. The summed E-state index contributed by atoms with van der Waals surface area (Å²) < 4.78 is 27.2. The minimum absolute atomic E-state index is 0.344. The topological polar surface area (TPSA) is 66.4 Å². The lowest BCUT2D eigenvalue weighted by Gasteiger charge is -2.28. The molecule has 1 aliphatic carbocycles. The van der Waals surface area contributed by atoms with Crippen molar-refractivity contribution >= 4 is 21.4 Å². The molecule has 102 valence electrons. The van der Waals surface area contributed by atoms with E-state index in [-0.39, 0.29) is 6.04 Å². The van der Waals surface area contributed by atoms with Crippen molar-refractivity contribution < 1.29 is 13.5 Å². The van der Waals surface area contributed by atoms with E-state index < -0.39 is 16.1 Å². The zero-order valence-electron chi connectivity index (χ0n) is 10.6. The van der Waals surface area contributed by atoms with Crippen molar-refractivity contribution in [2.75, 3.05) is 0 Å². The predicted molar refractivity (Wildman–Crippen MR) is 72.4 cm³/mol. The smallest absolute Gasteiger partial charge is 0.242 e. The molecule has 0 spiro atoms. The third-order valence-corrected chi connectivity index (χ3v) is 6.03. The van der Waals surface area contributed by atoms with Crippen LogP contribution in [0.3, 0.4) is 0 Å². The second-order valence-electron chi connectivity index (χ2n) is 4.86. The Hall–Kier alpha value is -0.430. The Labute approximate surface area is 112 Å². The fraction of sp³-hybridized carbons (Fsp3) is 0.667. The third kappa shape index (κ3) is 2.93. The van der Waals surface area contributed by atoms with Crippen LogP contribution in [0.5, 0.6) is 0 Å². The fourth-order valence-corrected chi connectivity index (χ4v) is 5.24. The molecule has 1 fully saturated rings. The Morgan fingerprint density at radius 1 is 1.33 bits per heavy atom. The second kappa shape index (κ2) is 5.28. The highest BCUT2D eigenvalue weighted by Crippen LogP contribution is 2.26. The van der Waals surface area contributed by atoms with E-state index in [9.17, 15) is 13.5 Å². The molecule has 0 bridgehead atoms. The van der Waals surface area contributed by atoms with Gasteiger partial charge in [-0.1, -0.05) is 12.8 Å². The molecule has 2 N–H and O–H groups in total. The largest absolute Gasteiger partial charge is 0.391 e. The van der Waals surface area contributed by atoms with Crippen molar-refractivity contribution in [1.82, 2.24) is 4.72 Å². The molecule has 0 radical (unpaired) electrons. The number of aliphatic hydroxyl groups is 1. The third-order valence-electron chi connectivity index (χ3n) is 3.32. The molecule has 2 unspecified atom stereocenters. The summed E-state index contributed by atoms with van der Waals surface area (Å²) in [6.07, 6.45) is 2.76. The first-order valence-electron chi connectivity index (χ1n) is 6.17. The minimum Gasteiger partial charge on any atom is -0.391 e. The normalized spacial score (nSPS) is 25.3. The van der Waals surface area contributed by atoms with E-state index in [1.807, 2.05) is 13.8 Å². The van der Waals surface area contributed by atoms with Gasteiger partial charge in [0.15, 0.2) is 0 Å². The van der Waals surface area contributed by atoms with Crippen LogP contribution < -0.4 is 4.72 Å². The van der Waals surface area contributed by atoms with Gasteiger partial charge in [0.1, 0.15) is 0 Å². The fourth-order valence-electron chi connectivity index (χ4n) is 2.39. The van der Waals surface area contributed by atoms with Crippen molar-refractivity contribution in [3.63, 3.8) is 0 Å². The lowest BCUT2D eigenvalue weighted by molar-refractivity contribution is 0.101. The summed E-state index contributed by atoms with van der Waals surface area (Å²) in [6, 6.07) is 1.35. The Morgan fingerprint density at radius 2 is 2.00 bits per heavy atom. The lowest BCUT2D eigenvalue weighted by atomic mass is 9.93. The summed E-state index contributed by atoms with van der Waals surface area (Å²) in [6.45, 7) is 3.70. The molecule has 1 aliphatic rings. The zero-order valence-corrected chi connectivity index (χ0v) is 12.3. The van der Waals surface area contributed by atoms with Gasteiger partial charge in [0.05, 0.1) is 11.0 Å². The van der Waals surface area contributed by atoms with Crippen LogP contribution in [0.25, 0.3) is 0 Å². The molecule has 0 aromatic carbocycles. The summed E-state index contributed by atoms with van der Waals surface area (Å²) in [5.41, 5.74) is 0. The van der Waals surface area contributed by atoms with E-state index in [0.717, 1.165) is 22.6 Å². The summed E-state index contributed by atoms with van der Waals surface area (Å²) >= 11 is 1.48. The first-order valence-corrected chi connectivity index (χ1v) is 8.47. The van der Waals surface area contributed by atoms with Crippen LogP contribution in [0.2, 0.25) is 0 Å². The number of rotatable bonds is 3. The summed E-state index contributed by atoms with van der Waals surface area (Å²) in [4.78, 5) is 2.13. The monoisotopic (exact) mass is 289 g/mol. The van der Waals surface area contributed by atoms with E-state index in [1.54, 1.807) is 6.07 Å². The van der Waals surface area contributed by atoms with Crippen LogP contribution in [-0.4, -0.2) is 25.7 Å². The van der Waals surface area contributed by atoms with E-state index in [1.165, 1.54) is 11.3 Å². The van der Waals surface area contributed by atoms with Gasteiger partial charge < -0.3 is 5.11 Å². The maximum absolute atomic E-state index is 12.3.